The van der Waals surface area contributed by atoms with Gasteiger partial charge >= 0.3 is 109 Å². The molecular formula is C14H9NO2Se. The zero-order valence-corrected chi connectivity index (χ0v) is 11.1. The van der Waals surface area contributed by atoms with Crippen LogP contribution in [0.25, 0.3) is 20.8 Å². The number of benzene rings is 2. The van der Waals surface area contributed by atoms with E-state index in [9.17, 15) is 10.1 Å². The molecule has 3 rings (SSSR count). The van der Waals surface area contributed by atoms with E-state index in [0.717, 1.165) is 5.56 Å². The Morgan fingerprint density at radius 2 is 1.89 bits per heavy atom. The van der Waals surface area contributed by atoms with Crippen LogP contribution in [0.2, 0.25) is 0 Å². The first-order valence-electron chi connectivity index (χ1n) is 5.47. The molecule has 1 heterocycles. The number of nitrogens with zero attached hydrogens (tertiary/aromatic N) is 1. The number of hydrogen-bond donors (Lipinski definition) is 0. The van der Waals surface area contributed by atoms with E-state index in [1.807, 2.05) is 18.2 Å². The molecule has 0 fully saturated rings. The van der Waals surface area contributed by atoms with Gasteiger partial charge in [-0.1, -0.05) is 0 Å². The molecule has 0 spiro atoms. The summed E-state index contributed by atoms with van der Waals surface area (Å²) in [6.07, 6.45) is 0. The molecule has 0 bridgehead atoms. The van der Waals surface area contributed by atoms with Crippen molar-refractivity contribution >= 4 is 29.8 Å². The van der Waals surface area contributed by atoms with Crippen LogP contribution >= 0.6 is 0 Å². The minimum atomic E-state index is -0.331. The zero-order chi connectivity index (χ0) is 12.5. The average molecular weight is 302 g/mol. The predicted octanol–water partition coefficient (Wildman–Crippen LogP) is 3.47. The Morgan fingerprint density at radius 1 is 1.06 bits per heavy atom. The van der Waals surface area contributed by atoms with Crippen molar-refractivity contribution in [2.45, 2.75) is 0 Å². The molecule has 4 heteroatoms. The van der Waals surface area contributed by atoms with E-state index in [1.54, 1.807) is 18.2 Å². The Labute approximate surface area is 110 Å². The van der Waals surface area contributed by atoms with E-state index in [2.05, 4.69) is 17.1 Å². The first kappa shape index (κ1) is 11.2. The fourth-order valence-corrected chi connectivity index (χ4v) is 3.63. The van der Waals surface area contributed by atoms with E-state index in [-0.39, 0.29) is 10.6 Å². The number of nitro groups is 1. The molecule has 0 amide bonds. The molecular weight excluding hydrogens is 293 g/mol. The third-order valence-corrected chi connectivity index (χ3v) is 4.75. The van der Waals surface area contributed by atoms with E-state index >= 15 is 0 Å². The molecule has 2 aromatic carbocycles. The maximum absolute atomic E-state index is 11.0. The summed E-state index contributed by atoms with van der Waals surface area (Å²) in [6.45, 7) is 0. The summed E-state index contributed by atoms with van der Waals surface area (Å²) in [5, 5.41) is 12.2. The summed E-state index contributed by atoms with van der Waals surface area (Å²) >= 11 is 0.413. The van der Waals surface area contributed by atoms with Gasteiger partial charge in [0.25, 0.3) is 0 Å². The summed E-state index contributed by atoms with van der Waals surface area (Å²) < 4.78 is 1.34. The van der Waals surface area contributed by atoms with Gasteiger partial charge in [0.2, 0.25) is 0 Å². The van der Waals surface area contributed by atoms with Crippen molar-refractivity contribution in [3.8, 4) is 11.1 Å². The molecule has 0 aliphatic rings. The van der Waals surface area contributed by atoms with Gasteiger partial charge in [0.05, 0.1) is 0 Å². The van der Waals surface area contributed by atoms with Gasteiger partial charge in [0.15, 0.2) is 0 Å². The van der Waals surface area contributed by atoms with Crippen LogP contribution < -0.4 is 0 Å². The van der Waals surface area contributed by atoms with Crippen molar-refractivity contribution in [3.63, 3.8) is 0 Å². The Kier molecular flexibility index (Phi) is 2.74. The second-order valence-electron chi connectivity index (χ2n) is 3.95. The molecule has 0 saturated carbocycles. The van der Waals surface area contributed by atoms with Crippen molar-refractivity contribution < 1.29 is 4.92 Å². The van der Waals surface area contributed by atoms with Crippen LogP contribution in [0.1, 0.15) is 0 Å². The van der Waals surface area contributed by atoms with Crippen LogP contribution in [-0.2, 0) is 0 Å². The molecule has 0 unspecified atom stereocenters. The van der Waals surface area contributed by atoms with Crippen molar-refractivity contribution in [1.82, 2.24) is 0 Å². The molecule has 0 radical (unpaired) electrons. The molecule has 3 aromatic rings. The fourth-order valence-electron chi connectivity index (χ4n) is 2.01. The molecule has 0 N–H and O–H groups in total. The van der Waals surface area contributed by atoms with Crippen LogP contribution in [0.5, 0.6) is 0 Å². The second-order valence-corrected chi connectivity index (χ2v) is 5.94. The minimum absolute atomic E-state index is 0.157. The van der Waals surface area contributed by atoms with Crippen LogP contribution in [0.15, 0.2) is 53.5 Å². The summed E-state index contributed by atoms with van der Waals surface area (Å²) in [6, 6.07) is 15.0. The van der Waals surface area contributed by atoms with Crippen LogP contribution in [0.3, 0.4) is 0 Å². The van der Waals surface area contributed by atoms with Gasteiger partial charge in [-0.3, -0.25) is 0 Å². The second kappa shape index (κ2) is 4.41. The summed E-state index contributed by atoms with van der Waals surface area (Å²) in [5.74, 6) is 0. The van der Waals surface area contributed by atoms with Crippen LogP contribution in [0.4, 0.5) is 5.69 Å². The molecule has 18 heavy (non-hydrogen) atoms. The van der Waals surface area contributed by atoms with Gasteiger partial charge < -0.3 is 0 Å². The number of hydrogen-bond acceptors (Lipinski definition) is 2. The first-order chi connectivity index (χ1) is 8.75. The maximum atomic E-state index is 11.0. The van der Waals surface area contributed by atoms with Gasteiger partial charge in [0.1, 0.15) is 0 Å². The van der Waals surface area contributed by atoms with Gasteiger partial charge in [-0.2, -0.15) is 0 Å². The molecule has 0 saturated heterocycles. The standard InChI is InChI=1S/C14H9NO2Se/c16-15(17)13-4-2-1-3-12(13)10-5-6-14-11(9-10)7-8-18-14/h1-9H. The van der Waals surface area contributed by atoms with Gasteiger partial charge in [-0.15, -0.1) is 0 Å². The number of fused-ring (bicyclic) bond motifs is 1. The Morgan fingerprint density at radius 3 is 2.72 bits per heavy atom. The Bertz CT molecular complexity index is 733. The first-order valence-corrected chi connectivity index (χ1v) is 7.31. The molecule has 3 nitrogen and oxygen atoms in total. The summed E-state index contributed by atoms with van der Waals surface area (Å²) in [7, 11) is 0. The fraction of sp³-hybridized carbons (Fsp3) is 0. The topological polar surface area (TPSA) is 43.1 Å². The molecule has 0 aliphatic heterocycles. The third kappa shape index (κ3) is 1.86. The summed E-state index contributed by atoms with van der Waals surface area (Å²) in [5.41, 5.74) is 1.74. The van der Waals surface area contributed by atoms with Crippen LogP contribution in [-0.4, -0.2) is 19.4 Å². The van der Waals surface area contributed by atoms with E-state index in [1.165, 1.54) is 9.65 Å². The van der Waals surface area contributed by atoms with Gasteiger partial charge in [0, 0.05) is 0 Å². The summed E-state index contributed by atoms with van der Waals surface area (Å²) in [4.78, 5) is 12.9. The van der Waals surface area contributed by atoms with E-state index < -0.39 is 0 Å². The van der Waals surface area contributed by atoms with Gasteiger partial charge in [-0.05, 0) is 0 Å². The number of rotatable bonds is 2. The Balaban J connectivity index is 2.22. The van der Waals surface area contributed by atoms with E-state index in [4.69, 9.17) is 0 Å². The zero-order valence-electron chi connectivity index (χ0n) is 9.37. The average Bonchev–Trinajstić information content (AvgIpc) is 2.85. The monoisotopic (exact) mass is 303 g/mol. The van der Waals surface area contributed by atoms with E-state index in [0.29, 0.717) is 20.1 Å². The normalized spacial score (nSPS) is 10.7. The number of para-hydroxylation sites is 1. The van der Waals surface area contributed by atoms with Crippen molar-refractivity contribution in [2.75, 3.05) is 0 Å². The number of nitro benzene ring substituents is 1. The third-order valence-electron chi connectivity index (χ3n) is 2.86. The van der Waals surface area contributed by atoms with Gasteiger partial charge in [-0.25, -0.2) is 0 Å². The predicted molar refractivity (Wildman–Crippen MR) is 73.0 cm³/mol. The molecule has 1 aromatic heterocycles. The van der Waals surface area contributed by atoms with Crippen molar-refractivity contribution in [2.24, 2.45) is 0 Å². The molecule has 0 atom stereocenters. The van der Waals surface area contributed by atoms with Crippen LogP contribution in [0, 0.1) is 10.1 Å². The molecule has 88 valence electrons. The van der Waals surface area contributed by atoms with Crippen molar-refractivity contribution in [3.05, 3.63) is 63.6 Å². The Hall–Kier alpha value is -1.90. The molecule has 0 aliphatic carbocycles. The SMILES string of the molecule is O=[N+]([O-])c1ccccc1-c1ccc2[se]ccc2c1. The van der Waals surface area contributed by atoms with Crippen molar-refractivity contribution in [1.29, 1.82) is 0 Å². The quantitative estimate of drug-likeness (QED) is 0.413.